The average molecular weight is 528 g/mol. The first kappa shape index (κ1) is 23.0. The molecule has 0 spiro atoms. The fraction of sp³-hybridized carbons (Fsp3) is 0. The smallest absolute Gasteiger partial charge is 0.0478 e. The molecule has 2 heteroatoms. The molecule has 0 amide bonds. The zero-order chi connectivity index (χ0) is 26.5. The molecule has 1 aromatic heterocycles. The van der Waals surface area contributed by atoms with E-state index in [0.29, 0.717) is 0 Å². The van der Waals surface area contributed by atoms with Crippen molar-refractivity contribution in [3.8, 4) is 22.3 Å². The fourth-order valence-corrected chi connectivity index (χ4v) is 7.01. The van der Waals surface area contributed by atoms with Gasteiger partial charge in [0, 0.05) is 31.5 Å². The molecule has 8 rings (SSSR count). The lowest BCUT2D eigenvalue weighted by atomic mass is 9.97. The molecule has 0 saturated heterocycles. The summed E-state index contributed by atoms with van der Waals surface area (Å²) in [5.74, 6) is 0. The van der Waals surface area contributed by atoms with Crippen LogP contribution in [0.25, 0.3) is 64.0 Å². The molecule has 0 aliphatic rings. The zero-order valence-electron chi connectivity index (χ0n) is 21.8. The summed E-state index contributed by atoms with van der Waals surface area (Å²) in [5, 5.41) is 11.4. The number of hydrogen-bond donors (Lipinski definition) is 1. The minimum Gasteiger partial charge on any atom is -0.355 e. The van der Waals surface area contributed by atoms with Crippen LogP contribution in [0.2, 0.25) is 0 Å². The maximum atomic E-state index is 3.71. The van der Waals surface area contributed by atoms with Crippen molar-refractivity contribution in [1.29, 1.82) is 0 Å². The van der Waals surface area contributed by atoms with Crippen LogP contribution >= 0.6 is 11.3 Å². The van der Waals surface area contributed by atoms with E-state index < -0.39 is 0 Å². The second-order valence-electron chi connectivity index (χ2n) is 10.3. The predicted octanol–water partition coefficient (Wildman–Crippen LogP) is 11.4. The highest BCUT2D eigenvalue weighted by molar-refractivity contribution is 7.26. The molecule has 1 N–H and O–H groups in total. The minimum absolute atomic E-state index is 1.09. The lowest BCUT2D eigenvalue weighted by Gasteiger charge is -2.11. The Labute approximate surface area is 237 Å². The van der Waals surface area contributed by atoms with Crippen LogP contribution in [0.4, 0.5) is 11.4 Å². The Kier molecular flexibility index (Phi) is 5.39. The fourth-order valence-electron chi connectivity index (χ4n) is 5.83. The molecule has 0 radical (unpaired) electrons. The standard InChI is InChI=1S/C38H25NS/c1-2-7-25(8-3-1)29-18-22-34-37(24-29)40-36-12-6-11-35(38(34)36)39-31-19-15-26(16-20-31)28-17-21-33-30(23-28)14-13-27-9-4-5-10-32(27)33/h1-24,39H. The van der Waals surface area contributed by atoms with Crippen LogP contribution in [-0.2, 0) is 0 Å². The zero-order valence-corrected chi connectivity index (χ0v) is 22.6. The number of nitrogens with one attached hydrogen (secondary N) is 1. The van der Waals surface area contributed by atoms with E-state index in [-0.39, 0.29) is 0 Å². The van der Waals surface area contributed by atoms with E-state index in [0.717, 1.165) is 11.4 Å². The molecule has 7 aromatic carbocycles. The van der Waals surface area contributed by atoms with Crippen molar-refractivity contribution in [3.05, 3.63) is 146 Å². The number of benzene rings is 7. The molecule has 1 nitrogen and oxygen atoms in total. The van der Waals surface area contributed by atoms with Gasteiger partial charge in [0.05, 0.1) is 0 Å². The van der Waals surface area contributed by atoms with E-state index in [1.165, 1.54) is 64.0 Å². The van der Waals surface area contributed by atoms with Crippen molar-refractivity contribution in [2.75, 3.05) is 5.32 Å². The molecule has 0 aliphatic carbocycles. The van der Waals surface area contributed by atoms with Crippen LogP contribution in [0.1, 0.15) is 0 Å². The Hall–Kier alpha value is -4.92. The molecule has 0 saturated carbocycles. The summed E-state index contributed by atoms with van der Waals surface area (Å²) in [6, 6.07) is 52.6. The van der Waals surface area contributed by atoms with Gasteiger partial charge in [-0.1, -0.05) is 109 Å². The molecule has 0 fully saturated rings. The lowest BCUT2D eigenvalue weighted by molar-refractivity contribution is 1.57. The molecule has 40 heavy (non-hydrogen) atoms. The third-order valence-corrected chi connectivity index (χ3v) is 8.96. The van der Waals surface area contributed by atoms with Crippen LogP contribution in [0, 0.1) is 0 Å². The van der Waals surface area contributed by atoms with Crippen molar-refractivity contribution >= 4 is 64.4 Å². The summed E-state index contributed by atoms with van der Waals surface area (Å²) in [7, 11) is 0. The first-order chi connectivity index (χ1) is 19.8. The van der Waals surface area contributed by atoms with Crippen LogP contribution in [0.15, 0.2) is 146 Å². The van der Waals surface area contributed by atoms with Gasteiger partial charge in [-0.2, -0.15) is 0 Å². The van der Waals surface area contributed by atoms with Gasteiger partial charge in [0.1, 0.15) is 0 Å². The number of anilines is 2. The molecule has 0 unspecified atom stereocenters. The maximum Gasteiger partial charge on any atom is 0.0478 e. The van der Waals surface area contributed by atoms with Gasteiger partial charge >= 0.3 is 0 Å². The number of hydrogen-bond acceptors (Lipinski definition) is 2. The van der Waals surface area contributed by atoms with E-state index >= 15 is 0 Å². The van der Waals surface area contributed by atoms with Crippen molar-refractivity contribution in [3.63, 3.8) is 0 Å². The van der Waals surface area contributed by atoms with Gasteiger partial charge in [0.25, 0.3) is 0 Å². The van der Waals surface area contributed by atoms with E-state index in [1.54, 1.807) is 0 Å². The van der Waals surface area contributed by atoms with Gasteiger partial charge in [0.15, 0.2) is 0 Å². The van der Waals surface area contributed by atoms with Crippen LogP contribution in [0.5, 0.6) is 0 Å². The van der Waals surface area contributed by atoms with E-state index in [2.05, 4.69) is 151 Å². The topological polar surface area (TPSA) is 12.0 Å². The summed E-state index contributed by atoms with van der Waals surface area (Å²) in [4.78, 5) is 0. The highest BCUT2D eigenvalue weighted by Gasteiger charge is 2.11. The summed E-state index contributed by atoms with van der Waals surface area (Å²) in [6.45, 7) is 0. The number of rotatable bonds is 4. The molecule has 8 aromatic rings. The van der Waals surface area contributed by atoms with Crippen LogP contribution in [-0.4, -0.2) is 0 Å². The second kappa shape index (κ2) is 9.37. The highest BCUT2D eigenvalue weighted by atomic mass is 32.1. The Morgan fingerprint density at radius 2 is 1.07 bits per heavy atom. The van der Waals surface area contributed by atoms with Crippen molar-refractivity contribution in [2.45, 2.75) is 0 Å². The number of thiophene rings is 1. The van der Waals surface area contributed by atoms with Crippen molar-refractivity contribution in [2.24, 2.45) is 0 Å². The van der Waals surface area contributed by atoms with Gasteiger partial charge < -0.3 is 5.32 Å². The summed E-state index contributed by atoms with van der Waals surface area (Å²) in [6.07, 6.45) is 0. The molecule has 188 valence electrons. The summed E-state index contributed by atoms with van der Waals surface area (Å²) >= 11 is 1.86. The Balaban J connectivity index is 1.12. The average Bonchev–Trinajstić information content (AvgIpc) is 3.40. The third kappa shape index (κ3) is 3.93. The molecular weight excluding hydrogens is 502 g/mol. The van der Waals surface area contributed by atoms with E-state index in [1.807, 2.05) is 11.3 Å². The molecule has 0 atom stereocenters. The molecule has 0 bridgehead atoms. The van der Waals surface area contributed by atoms with Gasteiger partial charge in [-0.3, -0.25) is 0 Å². The van der Waals surface area contributed by atoms with E-state index in [9.17, 15) is 0 Å². The first-order valence-corrected chi connectivity index (χ1v) is 14.4. The van der Waals surface area contributed by atoms with E-state index in [4.69, 9.17) is 0 Å². The number of fused-ring (bicyclic) bond motifs is 6. The quantitative estimate of drug-likeness (QED) is 0.224. The van der Waals surface area contributed by atoms with Crippen LogP contribution < -0.4 is 5.32 Å². The normalized spacial score (nSPS) is 11.5. The monoisotopic (exact) mass is 527 g/mol. The third-order valence-electron chi connectivity index (χ3n) is 7.85. The van der Waals surface area contributed by atoms with Gasteiger partial charge in [-0.15, -0.1) is 11.3 Å². The maximum absolute atomic E-state index is 3.71. The summed E-state index contributed by atoms with van der Waals surface area (Å²) in [5.41, 5.74) is 7.18. The van der Waals surface area contributed by atoms with Crippen molar-refractivity contribution < 1.29 is 0 Å². The Morgan fingerprint density at radius 1 is 0.400 bits per heavy atom. The first-order valence-electron chi connectivity index (χ1n) is 13.6. The SMILES string of the molecule is c1ccc(-c2ccc3c(c2)sc2cccc(Nc4ccc(-c5ccc6c(ccc7ccccc76)c5)cc4)c23)cc1. The highest BCUT2D eigenvalue weighted by Crippen LogP contribution is 2.41. The lowest BCUT2D eigenvalue weighted by Crippen LogP contribution is -1.91. The van der Waals surface area contributed by atoms with Crippen molar-refractivity contribution in [1.82, 2.24) is 0 Å². The summed E-state index contributed by atoms with van der Waals surface area (Å²) < 4.78 is 2.61. The molecule has 0 aliphatic heterocycles. The van der Waals surface area contributed by atoms with Gasteiger partial charge in [-0.25, -0.2) is 0 Å². The van der Waals surface area contributed by atoms with Crippen LogP contribution in [0.3, 0.4) is 0 Å². The second-order valence-corrected chi connectivity index (χ2v) is 11.4. The largest absolute Gasteiger partial charge is 0.355 e. The Bertz CT molecular complexity index is 2170. The molecular formula is C38H25NS. The molecule has 1 heterocycles. The Morgan fingerprint density at radius 3 is 1.95 bits per heavy atom. The van der Waals surface area contributed by atoms with Gasteiger partial charge in [0.2, 0.25) is 0 Å². The minimum atomic E-state index is 1.09. The van der Waals surface area contributed by atoms with Gasteiger partial charge in [-0.05, 0) is 80.2 Å². The predicted molar refractivity (Wildman–Crippen MR) is 175 cm³/mol.